The molecule has 0 aromatic heterocycles. The smallest absolute Gasteiger partial charge is 0.000763 e. The predicted molar refractivity (Wildman–Crippen MR) is 154 cm³/mol. The summed E-state index contributed by atoms with van der Waals surface area (Å²) in [4.78, 5) is 0. The molecule has 0 N–H and O–H groups in total. The van der Waals surface area contributed by atoms with Gasteiger partial charge in [0, 0.05) is 0 Å². The molecule has 162 valence electrons. The number of rotatable bonds is 0. The lowest BCUT2D eigenvalue weighted by Crippen LogP contribution is -1.90. The molecule has 0 radical (unpaired) electrons. The van der Waals surface area contributed by atoms with E-state index < -0.39 is 0 Å². The van der Waals surface area contributed by atoms with Crippen LogP contribution >= 0.6 is 0 Å². The van der Waals surface area contributed by atoms with Gasteiger partial charge in [0.25, 0.3) is 0 Å². The third kappa shape index (κ3) is 2.46. The van der Waals surface area contributed by atoms with Crippen molar-refractivity contribution in [2.45, 2.75) is 6.92 Å². The highest BCUT2D eigenvalue weighted by Crippen LogP contribution is 2.46. The topological polar surface area (TPSA) is 0 Å². The van der Waals surface area contributed by atoms with Gasteiger partial charge in [-0.3, -0.25) is 0 Å². The molecule has 0 aliphatic carbocycles. The second-order valence-electron chi connectivity index (χ2n) is 9.76. The Morgan fingerprint density at radius 3 is 1.40 bits per heavy atom. The standard InChI is InChI=1S/C35H22/c1-21-14-16-28-24-10-4-5-11-25(24)30-18-19-31-27-13-7-6-12-26(27)29-17-15-22-8-2-3-9-23(22)33(29)35(31)34(30)32(28)20-21/h2-20H,1H3. The van der Waals surface area contributed by atoms with Crippen LogP contribution in [-0.4, -0.2) is 0 Å². The molecule has 0 amide bonds. The van der Waals surface area contributed by atoms with E-state index in [1.807, 2.05) is 0 Å². The third-order valence-corrected chi connectivity index (χ3v) is 7.84. The van der Waals surface area contributed by atoms with E-state index in [1.54, 1.807) is 0 Å². The lowest BCUT2D eigenvalue weighted by Gasteiger charge is -2.18. The average Bonchev–Trinajstić information content (AvgIpc) is 2.92. The van der Waals surface area contributed by atoms with Gasteiger partial charge in [-0.1, -0.05) is 121 Å². The lowest BCUT2D eigenvalue weighted by molar-refractivity contribution is 1.51. The summed E-state index contributed by atoms with van der Waals surface area (Å²) in [7, 11) is 0. The quantitative estimate of drug-likeness (QED) is 0.205. The van der Waals surface area contributed by atoms with Crippen molar-refractivity contribution in [1.29, 1.82) is 0 Å². The maximum absolute atomic E-state index is 2.38. The normalized spacial score (nSPS) is 12.1. The van der Waals surface area contributed by atoms with Crippen LogP contribution in [0.1, 0.15) is 5.56 Å². The zero-order valence-corrected chi connectivity index (χ0v) is 19.5. The largest absolute Gasteiger partial charge is 0.0616 e. The zero-order chi connectivity index (χ0) is 23.1. The fraction of sp³-hybridized carbons (Fsp3) is 0.0286. The molecule has 35 heavy (non-hydrogen) atoms. The highest BCUT2D eigenvalue weighted by molar-refractivity contribution is 6.41. The van der Waals surface area contributed by atoms with E-state index in [9.17, 15) is 0 Å². The van der Waals surface area contributed by atoms with E-state index in [0.717, 1.165) is 0 Å². The number of hydrogen-bond acceptors (Lipinski definition) is 0. The fourth-order valence-electron chi connectivity index (χ4n) is 6.36. The highest BCUT2D eigenvalue weighted by Gasteiger charge is 2.17. The van der Waals surface area contributed by atoms with Crippen molar-refractivity contribution in [3.05, 3.63) is 121 Å². The van der Waals surface area contributed by atoms with Crippen LogP contribution in [0.25, 0.3) is 75.4 Å². The Morgan fingerprint density at radius 2 is 0.743 bits per heavy atom. The minimum Gasteiger partial charge on any atom is -0.0616 e. The summed E-state index contributed by atoms with van der Waals surface area (Å²) < 4.78 is 0. The number of hydrogen-bond donors (Lipinski definition) is 0. The third-order valence-electron chi connectivity index (χ3n) is 7.84. The van der Waals surface area contributed by atoms with Gasteiger partial charge < -0.3 is 0 Å². The highest BCUT2D eigenvalue weighted by atomic mass is 14.2. The minimum atomic E-state index is 1.29. The molecule has 0 saturated heterocycles. The molecule has 8 aromatic rings. The Kier molecular flexibility index (Phi) is 3.68. The van der Waals surface area contributed by atoms with Gasteiger partial charge in [0.1, 0.15) is 0 Å². The summed E-state index contributed by atoms with van der Waals surface area (Å²) >= 11 is 0. The molecular formula is C35H22. The molecule has 0 heteroatoms. The van der Waals surface area contributed by atoms with Crippen LogP contribution in [-0.2, 0) is 0 Å². The number of aryl methyl sites for hydroxylation is 1. The first-order valence-electron chi connectivity index (χ1n) is 12.3. The molecule has 8 aromatic carbocycles. The van der Waals surface area contributed by atoms with Gasteiger partial charge >= 0.3 is 0 Å². The van der Waals surface area contributed by atoms with Crippen LogP contribution in [0.2, 0.25) is 0 Å². The Labute approximate surface area is 203 Å². The summed E-state index contributed by atoms with van der Waals surface area (Å²) in [5, 5.41) is 18.6. The second kappa shape index (κ2) is 6.81. The number of fused-ring (bicyclic) bond motifs is 15. The summed E-state index contributed by atoms with van der Waals surface area (Å²) in [5.74, 6) is 0. The van der Waals surface area contributed by atoms with Crippen molar-refractivity contribution in [2.75, 3.05) is 0 Å². The molecule has 0 unspecified atom stereocenters. The minimum absolute atomic E-state index is 1.29. The Hall–Kier alpha value is -4.42. The van der Waals surface area contributed by atoms with Crippen molar-refractivity contribution in [3.8, 4) is 0 Å². The molecule has 0 fully saturated rings. The van der Waals surface area contributed by atoms with E-state index in [0.29, 0.717) is 0 Å². The van der Waals surface area contributed by atoms with Crippen LogP contribution < -0.4 is 0 Å². The molecule has 0 spiro atoms. The molecule has 0 aliphatic heterocycles. The van der Waals surface area contributed by atoms with Crippen LogP contribution in [0.4, 0.5) is 0 Å². The average molecular weight is 443 g/mol. The SMILES string of the molecule is Cc1ccc2c3ccccc3c3ccc4c5ccccc5c5ccc6ccccc6c5c4c3c2c1. The first-order chi connectivity index (χ1) is 17.3. The van der Waals surface area contributed by atoms with Gasteiger partial charge in [-0.2, -0.15) is 0 Å². The van der Waals surface area contributed by atoms with Crippen molar-refractivity contribution in [3.63, 3.8) is 0 Å². The Bertz CT molecular complexity index is 2160. The molecule has 0 nitrogen and oxygen atoms in total. The van der Waals surface area contributed by atoms with Gasteiger partial charge in [-0.25, -0.2) is 0 Å². The monoisotopic (exact) mass is 442 g/mol. The van der Waals surface area contributed by atoms with Crippen LogP contribution in [0.5, 0.6) is 0 Å². The van der Waals surface area contributed by atoms with Gasteiger partial charge in [0.05, 0.1) is 0 Å². The van der Waals surface area contributed by atoms with Crippen molar-refractivity contribution >= 4 is 75.4 Å². The summed E-state index contributed by atoms with van der Waals surface area (Å²) in [6.45, 7) is 2.20. The molecule has 0 heterocycles. The Balaban J connectivity index is 1.83. The van der Waals surface area contributed by atoms with E-state index in [4.69, 9.17) is 0 Å². The van der Waals surface area contributed by atoms with Crippen molar-refractivity contribution in [1.82, 2.24) is 0 Å². The maximum atomic E-state index is 2.38. The molecule has 0 aliphatic rings. The molecular weight excluding hydrogens is 420 g/mol. The van der Waals surface area contributed by atoms with Gasteiger partial charge in [-0.15, -0.1) is 0 Å². The van der Waals surface area contributed by atoms with Gasteiger partial charge in [0.2, 0.25) is 0 Å². The first kappa shape index (κ1) is 18.9. The molecule has 0 atom stereocenters. The fourth-order valence-corrected chi connectivity index (χ4v) is 6.36. The number of benzene rings is 8. The van der Waals surface area contributed by atoms with Crippen LogP contribution in [0.3, 0.4) is 0 Å². The van der Waals surface area contributed by atoms with Crippen molar-refractivity contribution < 1.29 is 0 Å². The van der Waals surface area contributed by atoms with Gasteiger partial charge in [-0.05, 0) is 82.3 Å². The van der Waals surface area contributed by atoms with E-state index in [1.165, 1.54) is 81.0 Å². The van der Waals surface area contributed by atoms with E-state index >= 15 is 0 Å². The van der Waals surface area contributed by atoms with Gasteiger partial charge in [0.15, 0.2) is 0 Å². The zero-order valence-electron chi connectivity index (χ0n) is 19.5. The summed E-state index contributed by atoms with van der Waals surface area (Å²) in [5.41, 5.74) is 1.29. The molecule has 0 saturated carbocycles. The predicted octanol–water partition coefficient (Wildman–Crippen LogP) is 10.1. The lowest BCUT2D eigenvalue weighted by atomic mass is 9.85. The molecule has 8 rings (SSSR count). The van der Waals surface area contributed by atoms with Crippen LogP contribution in [0, 0.1) is 6.92 Å². The first-order valence-corrected chi connectivity index (χ1v) is 12.3. The second-order valence-corrected chi connectivity index (χ2v) is 9.76. The van der Waals surface area contributed by atoms with E-state index in [-0.39, 0.29) is 0 Å². The summed E-state index contributed by atoms with van der Waals surface area (Å²) in [6.07, 6.45) is 0. The van der Waals surface area contributed by atoms with Crippen LogP contribution in [0.15, 0.2) is 115 Å². The van der Waals surface area contributed by atoms with Crippen molar-refractivity contribution in [2.24, 2.45) is 0 Å². The maximum Gasteiger partial charge on any atom is -0.000763 e. The Morgan fingerprint density at radius 1 is 0.314 bits per heavy atom. The van der Waals surface area contributed by atoms with E-state index in [2.05, 4.69) is 122 Å². The summed E-state index contributed by atoms with van der Waals surface area (Å²) in [6, 6.07) is 42.9. The molecule has 0 bridgehead atoms.